The summed E-state index contributed by atoms with van der Waals surface area (Å²) < 4.78 is 9.88. The molecule has 0 spiro atoms. The van der Waals surface area contributed by atoms with Gasteiger partial charge < -0.3 is 14.6 Å². The van der Waals surface area contributed by atoms with E-state index in [9.17, 15) is 14.7 Å². The highest BCUT2D eigenvalue weighted by Gasteiger charge is 2.07. The second-order valence-electron chi connectivity index (χ2n) is 4.66. The quantitative estimate of drug-likeness (QED) is 0.504. The summed E-state index contributed by atoms with van der Waals surface area (Å²) in [5.74, 6) is -0.569. The van der Waals surface area contributed by atoms with Crippen molar-refractivity contribution >= 4 is 17.8 Å². The van der Waals surface area contributed by atoms with Gasteiger partial charge in [-0.3, -0.25) is 4.79 Å². The molecule has 0 radical (unpaired) electrons. The Morgan fingerprint density at radius 2 is 1.87 bits per heavy atom. The average Bonchev–Trinajstić information content (AvgIpc) is 2.59. The van der Waals surface area contributed by atoms with Gasteiger partial charge in [0.2, 0.25) is 0 Å². The molecular weight excluding hydrogens is 296 g/mol. The van der Waals surface area contributed by atoms with E-state index >= 15 is 0 Å². The lowest BCUT2D eigenvalue weighted by Gasteiger charge is -2.04. The number of rotatable bonds is 6. The van der Waals surface area contributed by atoms with Gasteiger partial charge >= 0.3 is 5.97 Å². The molecule has 23 heavy (non-hydrogen) atoms. The van der Waals surface area contributed by atoms with E-state index in [1.54, 1.807) is 42.5 Å². The van der Waals surface area contributed by atoms with Crippen molar-refractivity contribution in [2.24, 2.45) is 0 Å². The third-order valence-corrected chi connectivity index (χ3v) is 3.06. The van der Waals surface area contributed by atoms with Crippen LogP contribution in [0.3, 0.4) is 0 Å². The number of Topliss-reactive ketones (excluding diaryl/α,β-unsaturated/α-hetero) is 1. The molecule has 0 aliphatic heterocycles. The predicted molar refractivity (Wildman–Crippen MR) is 85.4 cm³/mol. The molecule has 0 fully saturated rings. The summed E-state index contributed by atoms with van der Waals surface area (Å²) in [6.07, 6.45) is 2.72. The molecule has 0 aliphatic rings. The number of ketones is 1. The highest BCUT2D eigenvalue weighted by molar-refractivity contribution is 5.98. The van der Waals surface area contributed by atoms with Crippen LogP contribution < -0.4 is 4.74 Å². The zero-order chi connectivity index (χ0) is 16.7. The van der Waals surface area contributed by atoms with Crippen LogP contribution in [-0.4, -0.2) is 30.6 Å². The van der Waals surface area contributed by atoms with Crippen molar-refractivity contribution < 1.29 is 24.2 Å². The topological polar surface area (TPSA) is 72.8 Å². The number of hydrogen-bond acceptors (Lipinski definition) is 5. The zero-order valence-corrected chi connectivity index (χ0v) is 12.6. The van der Waals surface area contributed by atoms with Crippen LogP contribution in [0.5, 0.6) is 11.5 Å². The monoisotopic (exact) mass is 312 g/mol. The Bertz CT molecular complexity index is 719. The highest BCUT2D eigenvalue weighted by Crippen LogP contribution is 2.26. The van der Waals surface area contributed by atoms with Crippen molar-refractivity contribution in [1.29, 1.82) is 0 Å². The molecule has 0 aromatic heterocycles. The maximum absolute atomic E-state index is 11.8. The van der Waals surface area contributed by atoms with E-state index in [4.69, 9.17) is 9.47 Å². The molecular formula is C18H16O5. The van der Waals surface area contributed by atoms with Gasteiger partial charge in [0.15, 0.2) is 23.9 Å². The number of aromatic hydroxyl groups is 1. The Morgan fingerprint density at radius 1 is 1.13 bits per heavy atom. The first kappa shape index (κ1) is 16.3. The van der Waals surface area contributed by atoms with Crippen LogP contribution >= 0.6 is 0 Å². The second kappa shape index (κ2) is 7.79. The number of carbonyl (C=O) groups is 2. The highest BCUT2D eigenvalue weighted by atomic mass is 16.5. The van der Waals surface area contributed by atoms with E-state index in [-0.39, 0.29) is 18.1 Å². The first-order valence-electron chi connectivity index (χ1n) is 6.90. The molecule has 0 aliphatic carbocycles. The van der Waals surface area contributed by atoms with Gasteiger partial charge in [0.05, 0.1) is 7.11 Å². The first-order valence-corrected chi connectivity index (χ1v) is 6.90. The third-order valence-electron chi connectivity index (χ3n) is 3.06. The normalized spacial score (nSPS) is 10.5. The van der Waals surface area contributed by atoms with Gasteiger partial charge in [0, 0.05) is 11.6 Å². The first-order chi connectivity index (χ1) is 11.1. The lowest BCUT2D eigenvalue weighted by atomic mass is 10.1. The fraction of sp³-hybridized carbons (Fsp3) is 0.111. The number of methoxy groups -OCH3 is 1. The number of phenolic OH excluding ortho intramolecular Hbond substituents is 1. The maximum Gasteiger partial charge on any atom is 0.331 e. The van der Waals surface area contributed by atoms with Crippen LogP contribution in [0.4, 0.5) is 0 Å². The molecule has 5 nitrogen and oxygen atoms in total. The van der Waals surface area contributed by atoms with Gasteiger partial charge in [0.1, 0.15) is 0 Å². The molecule has 2 aromatic carbocycles. The van der Waals surface area contributed by atoms with Crippen LogP contribution in [0.1, 0.15) is 15.9 Å². The summed E-state index contributed by atoms with van der Waals surface area (Å²) in [4.78, 5) is 23.4. The summed E-state index contributed by atoms with van der Waals surface area (Å²) in [7, 11) is 1.44. The van der Waals surface area contributed by atoms with E-state index in [0.29, 0.717) is 16.9 Å². The minimum absolute atomic E-state index is 0.0145. The van der Waals surface area contributed by atoms with Gasteiger partial charge in [-0.25, -0.2) is 4.79 Å². The summed E-state index contributed by atoms with van der Waals surface area (Å²) >= 11 is 0. The molecule has 0 bridgehead atoms. The summed E-state index contributed by atoms with van der Waals surface area (Å²) in [6.45, 7) is -0.313. The molecule has 0 saturated carbocycles. The predicted octanol–water partition coefficient (Wildman–Crippen LogP) is 2.84. The van der Waals surface area contributed by atoms with Gasteiger partial charge in [-0.2, -0.15) is 0 Å². The molecule has 2 aromatic rings. The Morgan fingerprint density at radius 3 is 2.57 bits per heavy atom. The van der Waals surface area contributed by atoms with Gasteiger partial charge in [-0.1, -0.05) is 36.4 Å². The molecule has 0 amide bonds. The Kier molecular flexibility index (Phi) is 5.52. The summed E-state index contributed by atoms with van der Waals surface area (Å²) in [6, 6.07) is 13.3. The second-order valence-corrected chi connectivity index (χ2v) is 4.66. The van der Waals surface area contributed by atoms with Crippen molar-refractivity contribution in [2.45, 2.75) is 0 Å². The van der Waals surface area contributed by atoms with Crippen molar-refractivity contribution in [3.8, 4) is 11.5 Å². The molecule has 2 rings (SSSR count). The number of esters is 1. The minimum atomic E-state index is -0.624. The van der Waals surface area contributed by atoms with Crippen LogP contribution in [0, 0.1) is 0 Å². The lowest BCUT2D eigenvalue weighted by molar-refractivity contribution is -0.136. The molecule has 0 unspecified atom stereocenters. The summed E-state index contributed by atoms with van der Waals surface area (Å²) in [5.41, 5.74) is 1.15. The number of hydrogen-bond donors (Lipinski definition) is 1. The number of benzene rings is 2. The SMILES string of the molecule is COc1cc(C=CC(=O)OCC(=O)c2ccccc2)ccc1O. The van der Waals surface area contributed by atoms with Crippen LogP contribution in [0.15, 0.2) is 54.6 Å². The van der Waals surface area contributed by atoms with Gasteiger partial charge in [0.25, 0.3) is 0 Å². The van der Waals surface area contributed by atoms with E-state index < -0.39 is 5.97 Å². The van der Waals surface area contributed by atoms with Gasteiger partial charge in [-0.15, -0.1) is 0 Å². The summed E-state index contributed by atoms with van der Waals surface area (Å²) in [5, 5.41) is 9.49. The smallest absolute Gasteiger partial charge is 0.331 e. The van der Waals surface area contributed by atoms with Crippen molar-refractivity contribution in [2.75, 3.05) is 13.7 Å². The van der Waals surface area contributed by atoms with E-state index in [2.05, 4.69) is 0 Å². The van der Waals surface area contributed by atoms with Crippen molar-refractivity contribution in [3.05, 3.63) is 65.7 Å². The fourth-order valence-electron chi connectivity index (χ4n) is 1.85. The standard InChI is InChI=1S/C18H16O5/c1-22-17-11-13(7-9-15(17)19)8-10-18(21)23-12-16(20)14-5-3-2-4-6-14/h2-11,19H,12H2,1H3. The number of carbonyl (C=O) groups excluding carboxylic acids is 2. The molecule has 0 atom stereocenters. The zero-order valence-electron chi connectivity index (χ0n) is 12.6. The number of ether oxygens (including phenoxy) is 2. The van der Waals surface area contributed by atoms with E-state index in [0.717, 1.165) is 0 Å². The molecule has 1 N–H and O–H groups in total. The fourth-order valence-corrected chi connectivity index (χ4v) is 1.85. The molecule has 5 heteroatoms. The Labute approximate surface area is 133 Å². The minimum Gasteiger partial charge on any atom is -0.504 e. The van der Waals surface area contributed by atoms with Gasteiger partial charge in [-0.05, 0) is 23.8 Å². The van der Waals surface area contributed by atoms with Crippen LogP contribution in [-0.2, 0) is 9.53 Å². The van der Waals surface area contributed by atoms with Crippen LogP contribution in [0.25, 0.3) is 6.08 Å². The molecule has 0 heterocycles. The largest absolute Gasteiger partial charge is 0.504 e. The Hall–Kier alpha value is -3.08. The van der Waals surface area contributed by atoms with Crippen LogP contribution in [0.2, 0.25) is 0 Å². The Balaban J connectivity index is 1.91. The molecule has 118 valence electrons. The number of phenols is 1. The average molecular weight is 312 g/mol. The third kappa shape index (κ3) is 4.71. The lowest BCUT2D eigenvalue weighted by Crippen LogP contribution is -2.12. The van der Waals surface area contributed by atoms with Crippen molar-refractivity contribution in [3.63, 3.8) is 0 Å². The van der Waals surface area contributed by atoms with E-state index in [1.807, 2.05) is 0 Å². The van der Waals surface area contributed by atoms with Crippen molar-refractivity contribution in [1.82, 2.24) is 0 Å². The van der Waals surface area contributed by atoms with E-state index in [1.165, 1.54) is 25.3 Å². The molecule has 0 saturated heterocycles. The maximum atomic E-state index is 11.8.